The van der Waals surface area contributed by atoms with E-state index in [2.05, 4.69) is 15.3 Å². The number of amides is 1. The number of fused-ring (bicyclic) bond motifs is 1. The van der Waals surface area contributed by atoms with Crippen LogP contribution in [-0.2, 0) is 0 Å². The molecule has 2 heterocycles. The van der Waals surface area contributed by atoms with E-state index >= 15 is 0 Å². The lowest BCUT2D eigenvalue weighted by Crippen LogP contribution is -2.47. The molecule has 2 aromatic heterocycles. The Kier molecular flexibility index (Phi) is 3.54. The fourth-order valence-electron chi connectivity index (χ4n) is 2.91. The average molecular weight is 322 g/mol. The van der Waals surface area contributed by atoms with Gasteiger partial charge < -0.3 is 10.4 Å². The topological polar surface area (TPSA) is 80.0 Å². The van der Waals surface area contributed by atoms with Crippen molar-refractivity contribution in [2.75, 3.05) is 6.54 Å². The summed E-state index contributed by atoms with van der Waals surface area (Å²) in [6, 6.07) is 11.3. The van der Waals surface area contributed by atoms with Crippen molar-refractivity contribution < 1.29 is 9.90 Å². The molecule has 122 valence electrons. The third-order valence-electron chi connectivity index (χ3n) is 4.57. The molecule has 0 aliphatic heterocycles. The second-order valence-corrected chi connectivity index (χ2v) is 6.27. The summed E-state index contributed by atoms with van der Waals surface area (Å²) in [5.41, 5.74) is 1.62. The van der Waals surface area contributed by atoms with E-state index in [1.807, 2.05) is 28.8 Å². The van der Waals surface area contributed by atoms with Gasteiger partial charge in [0, 0.05) is 12.7 Å². The Hall–Kier alpha value is -2.73. The van der Waals surface area contributed by atoms with Gasteiger partial charge in [-0.25, -0.2) is 9.97 Å². The zero-order valence-corrected chi connectivity index (χ0v) is 13.1. The van der Waals surface area contributed by atoms with Crippen molar-refractivity contribution in [3.8, 4) is 5.82 Å². The monoisotopic (exact) mass is 322 g/mol. The van der Waals surface area contributed by atoms with Crippen LogP contribution in [0.15, 0.2) is 48.9 Å². The van der Waals surface area contributed by atoms with Crippen molar-refractivity contribution >= 4 is 16.9 Å². The Morgan fingerprint density at radius 3 is 2.75 bits per heavy atom. The van der Waals surface area contributed by atoms with Gasteiger partial charge in [0.2, 0.25) is 0 Å². The number of carbonyl (C=O) groups is 1. The number of benzene rings is 1. The molecule has 1 saturated carbocycles. The van der Waals surface area contributed by atoms with Gasteiger partial charge in [0.15, 0.2) is 0 Å². The van der Waals surface area contributed by atoms with Gasteiger partial charge >= 0.3 is 0 Å². The molecular formula is C18H18N4O2. The Morgan fingerprint density at radius 1 is 1.21 bits per heavy atom. The molecule has 1 aromatic carbocycles. The molecular weight excluding hydrogens is 304 g/mol. The van der Waals surface area contributed by atoms with Gasteiger partial charge in [-0.1, -0.05) is 12.1 Å². The van der Waals surface area contributed by atoms with Crippen LogP contribution < -0.4 is 5.32 Å². The van der Waals surface area contributed by atoms with Crippen molar-refractivity contribution in [1.82, 2.24) is 19.9 Å². The van der Waals surface area contributed by atoms with Gasteiger partial charge in [-0.15, -0.1) is 0 Å². The molecule has 0 spiro atoms. The first kappa shape index (κ1) is 14.8. The number of nitrogens with one attached hydrogen (secondary N) is 1. The molecule has 0 unspecified atom stereocenters. The highest BCUT2D eigenvalue weighted by Gasteiger charge is 2.34. The minimum atomic E-state index is -0.723. The van der Waals surface area contributed by atoms with E-state index < -0.39 is 5.60 Å². The van der Waals surface area contributed by atoms with E-state index in [0.717, 1.165) is 30.3 Å². The Bertz CT molecular complexity index is 881. The number of para-hydroxylation sites is 2. The summed E-state index contributed by atoms with van der Waals surface area (Å²) >= 11 is 0. The van der Waals surface area contributed by atoms with Crippen LogP contribution in [0.1, 0.15) is 29.6 Å². The first-order chi connectivity index (χ1) is 11.6. The van der Waals surface area contributed by atoms with Crippen molar-refractivity contribution in [1.29, 1.82) is 0 Å². The first-order valence-corrected chi connectivity index (χ1v) is 8.04. The number of hydrogen-bond donors (Lipinski definition) is 2. The SMILES string of the molecule is O=C(NCC1(O)CCC1)c1ccc(-n2cnc3ccccc32)nc1. The summed E-state index contributed by atoms with van der Waals surface area (Å²) in [5.74, 6) is 0.489. The van der Waals surface area contributed by atoms with E-state index in [9.17, 15) is 9.90 Å². The van der Waals surface area contributed by atoms with Crippen molar-refractivity contribution in [2.24, 2.45) is 0 Å². The summed E-state index contributed by atoms with van der Waals surface area (Å²) in [4.78, 5) is 20.9. The molecule has 0 bridgehead atoms. The number of hydrogen-bond acceptors (Lipinski definition) is 4. The summed E-state index contributed by atoms with van der Waals surface area (Å²) in [5, 5.41) is 12.8. The average Bonchev–Trinajstić information content (AvgIpc) is 3.02. The van der Waals surface area contributed by atoms with Crippen LogP contribution in [-0.4, -0.2) is 37.7 Å². The van der Waals surface area contributed by atoms with Gasteiger partial charge in [0.25, 0.3) is 5.91 Å². The van der Waals surface area contributed by atoms with Crippen LogP contribution >= 0.6 is 0 Å². The highest BCUT2D eigenvalue weighted by molar-refractivity contribution is 5.94. The molecule has 2 N–H and O–H groups in total. The number of rotatable bonds is 4. The smallest absolute Gasteiger partial charge is 0.252 e. The van der Waals surface area contributed by atoms with Crippen LogP contribution in [0.25, 0.3) is 16.9 Å². The maximum atomic E-state index is 12.2. The van der Waals surface area contributed by atoms with Gasteiger partial charge in [0.1, 0.15) is 12.1 Å². The second-order valence-electron chi connectivity index (χ2n) is 6.27. The lowest BCUT2D eigenvalue weighted by Gasteiger charge is -2.36. The zero-order valence-electron chi connectivity index (χ0n) is 13.1. The number of aromatic nitrogens is 3. The summed E-state index contributed by atoms with van der Waals surface area (Å²) in [7, 11) is 0. The van der Waals surface area contributed by atoms with Gasteiger partial charge in [0.05, 0.1) is 22.2 Å². The number of pyridine rings is 1. The standard InChI is InChI=1S/C18H18N4O2/c23-17(20-11-18(24)8-3-9-18)13-6-7-16(19-10-13)22-12-21-14-4-1-2-5-15(14)22/h1-2,4-7,10,12,24H,3,8-9,11H2,(H,20,23). The second kappa shape index (κ2) is 5.72. The Morgan fingerprint density at radius 2 is 2.04 bits per heavy atom. The predicted molar refractivity (Wildman–Crippen MR) is 90.0 cm³/mol. The van der Waals surface area contributed by atoms with E-state index in [1.165, 1.54) is 0 Å². The highest BCUT2D eigenvalue weighted by Crippen LogP contribution is 2.30. The Balaban J connectivity index is 1.51. The number of imidazole rings is 1. The fraction of sp³-hybridized carbons (Fsp3) is 0.278. The lowest BCUT2D eigenvalue weighted by atomic mass is 9.80. The maximum absolute atomic E-state index is 12.2. The molecule has 0 atom stereocenters. The Labute approximate surface area is 139 Å². The van der Waals surface area contributed by atoms with Crippen LogP contribution in [0.5, 0.6) is 0 Å². The van der Waals surface area contributed by atoms with E-state index in [4.69, 9.17) is 0 Å². The molecule has 1 aliphatic carbocycles. The molecule has 1 aliphatic rings. The van der Waals surface area contributed by atoms with Crippen molar-refractivity contribution in [3.63, 3.8) is 0 Å². The molecule has 4 rings (SSSR count). The van der Waals surface area contributed by atoms with Crippen LogP contribution in [0, 0.1) is 0 Å². The molecule has 3 aromatic rings. The van der Waals surface area contributed by atoms with Gasteiger partial charge in [-0.2, -0.15) is 0 Å². The third kappa shape index (κ3) is 2.65. The molecule has 1 fully saturated rings. The first-order valence-electron chi connectivity index (χ1n) is 8.04. The van der Waals surface area contributed by atoms with Crippen LogP contribution in [0.4, 0.5) is 0 Å². The fourth-order valence-corrected chi connectivity index (χ4v) is 2.91. The molecule has 24 heavy (non-hydrogen) atoms. The number of aliphatic hydroxyl groups is 1. The van der Waals surface area contributed by atoms with E-state index in [-0.39, 0.29) is 5.91 Å². The summed E-state index contributed by atoms with van der Waals surface area (Å²) < 4.78 is 1.88. The normalized spacial score (nSPS) is 15.9. The third-order valence-corrected chi connectivity index (χ3v) is 4.57. The quantitative estimate of drug-likeness (QED) is 0.770. The molecule has 1 amide bonds. The lowest BCUT2D eigenvalue weighted by molar-refractivity contribution is -0.0300. The van der Waals surface area contributed by atoms with Crippen molar-refractivity contribution in [3.05, 3.63) is 54.5 Å². The molecule has 6 heteroatoms. The van der Waals surface area contributed by atoms with Gasteiger partial charge in [-0.05, 0) is 43.5 Å². The van der Waals surface area contributed by atoms with Crippen LogP contribution in [0.3, 0.4) is 0 Å². The highest BCUT2D eigenvalue weighted by atomic mass is 16.3. The number of carbonyl (C=O) groups excluding carboxylic acids is 1. The summed E-state index contributed by atoms with van der Waals surface area (Å²) in [6.45, 7) is 0.291. The summed E-state index contributed by atoms with van der Waals surface area (Å²) in [6.07, 6.45) is 5.78. The molecule has 0 saturated heterocycles. The van der Waals surface area contributed by atoms with E-state index in [1.54, 1.807) is 24.7 Å². The minimum absolute atomic E-state index is 0.218. The van der Waals surface area contributed by atoms with Crippen LogP contribution in [0.2, 0.25) is 0 Å². The van der Waals surface area contributed by atoms with Crippen molar-refractivity contribution in [2.45, 2.75) is 24.9 Å². The minimum Gasteiger partial charge on any atom is -0.388 e. The number of nitrogens with zero attached hydrogens (tertiary/aromatic N) is 3. The molecule has 6 nitrogen and oxygen atoms in total. The maximum Gasteiger partial charge on any atom is 0.252 e. The predicted octanol–water partition coefficient (Wildman–Crippen LogP) is 2.07. The van der Waals surface area contributed by atoms with E-state index in [0.29, 0.717) is 17.9 Å². The van der Waals surface area contributed by atoms with Gasteiger partial charge in [-0.3, -0.25) is 9.36 Å². The largest absolute Gasteiger partial charge is 0.388 e. The molecule has 0 radical (unpaired) electrons. The zero-order chi connectivity index (χ0) is 16.6.